The van der Waals surface area contributed by atoms with Crippen molar-refractivity contribution in [3.63, 3.8) is 0 Å². The quantitative estimate of drug-likeness (QED) is 0.947. The number of amides is 2. The molecule has 0 bridgehead atoms. The fourth-order valence-corrected chi connectivity index (χ4v) is 3.23. The molecule has 3 rings (SSSR count). The summed E-state index contributed by atoms with van der Waals surface area (Å²) < 4.78 is 2.26. The van der Waals surface area contributed by atoms with Crippen molar-refractivity contribution in [2.75, 3.05) is 19.6 Å². The van der Waals surface area contributed by atoms with Gasteiger partial charge >= 0.3 is 6.03 Å². The molecule has 0 aromatic carbocycles. The lowest BCUT2D eigenvalue weighted by Crippen LogP contribution is -2.46. The van der Waals surface area contributed by atoms with Crippen molar-refractivity contribution in [3.05, 3.63) is 36.4 Å². The fraction of sp³-hybridized carbons (Fsp3) is 0.471. The zero-order valence-electron chi connectivity index (χ0n) is 13.7. The molecule has 0 aliphatic carbocycles. The van der Waals surface area contributed by atoms with Gasteiger partial charge in [0.1, 0.15) is 5.82 Å². The highest BCUT2D eigenvalue weighted by molar-refractivity contribution is 5.74. The van der Waals surface area contributed by atoms with Crippen LogP contribution in [0.4, 0.5) is 4.79 Å². The van der Waals surface area contributed by atoms with Crippen molar-refractivity contribution in [1.82, 2.24) is 24.8 Å². The van der Waals surface area contributed by atoms with E-state index in [1.165, 1.54) is 0 Å². The predicted octanol–water partition coefficient (Wildman–Crippen LogP) is 2.62. The Bertz CT molecular complexity index is 667. The van der Waals surface area contributed by atoms with Crippen LogP contribution in [0.3, 0.4) is 0 Å². The number of hydrogen-bond donors (Lipinski definition) is 1. The first-order valence-corrected chi connectivity index (χ1v) is 8.17. The molecule has 2 amide bonds. The number of imidazole rings is 1. The van der Waals surface area contributed by atoms with Crippen molar-refractivity contribution >= 4 is 6.03 Å². The van der Waals surface area contributed by atoms with E-state index >= 15 is 0 Å². The number of nitrogens with zero attached hydrogens (tertiary/aromatic N) is 4. The molecule has 1 saturated heterocycles. The fourth-order valence-electron chi connectivity index (χ4n) is 3.23. The monoisotopic (exact) mass is 313 g/mol. The van der Waals surface area contributed by atoms with Gasteiger partial charge in [0.25, 0.3) is 0 Å². The summed E-state index contributed by atoms with van der Waals surface area (Å²) in [5, 5.41) is 2.90. The molecule has 0 saturated carbocycles. The zero-order valence-corrected chi connectivity index (χ0v) is 13.7. The van der Waals surface area contributed by atoms with E-state index in [-0.39, 0.29) is 12.1 Å². The number of pyridine rings is 1. The van der Waals surface area contributed by atoms with Crippen molar-refractivity contribution in [2.24, 2.45) is 0 Å². The van der Waals surface area contributed by atoms with Crippen LogP contribution < -0.4 is 5.32 Å². The van der Waals surface area contributed by atoms with Gasteiger partial charge in [-0.2, -0.15) is 0 Å². The number of carbonyl (C=O) groups is 1. The second-order valence-electron chi connectivity index (χ2n) is 5.91. The van der Waals surface area contributed by atoms with Crippen LogP contribution in [0.15, 0.2) is 30.7 Å². The van der Waals surface area contributed by atoms with Gasteiger partial charge in [0.15, 0.2) is 0 Å². The van der Waals surface area contributed by atoms with E-state index in [0.717, 1.165) is 43.0 Å². The van der Waals surface area contributed by atoms with Gasteiger partial charge in [0, 0.05) is 49.5 Å². The number of nitrogens with one attached hydrogen (secondary N) is 1. The van der Waals surface area contributed by atoms with E-state index in [2.05, 4.69) is 26.8 Å². The van der Waals surface area contributed by atoms with Crippen LogP contribution in [-0.2, 0) is 0 Å². The Labute approximate surface area is 136 Å². The molecule has 1 fully saturated rings. The van der Waals surface area contributed by atoms with Gasteiger partial charge in [-0.05, 0) is 38.8 Å². The molecular formula is C17H23N5O. The number of piperidine rings is 1. The van der Waals surface area contributed by atoms with Crippen LogP contribution in [0.25, 0.3) is 11.4 Å². The molecule has 122 valence electrons. The van der Waals surface area contributed by atoms with E-state index in [1.54, 1.807) is 12.4 Å². The van der Waals surface area contributed by atoms with Crippen LogP contribution in [0, 0.1) is 6.92 Å². The third-order valence-electron chi connectivity index (χ3n) is 4.30. The molecule has 23 heavy (non-hydrogen) atoms. The smallest absolute Gasteiger partial charge is 0.317 e. The van der Waals surface area contributed by atoms with Crippen LogP contribution in [0.1, 0.15) is 31.5 Å². The molecule has 1 N–H and O–H groups in total. The maximum absolute atomic E-state index is 12.1. The lowest BCUT2D eigenvalue weighted by atomic mass is 10.0. The minimum absolute atomic E-state index is 0.0282. The van der Waals surface area contributed by atoms with Gasteiger partial charge in [-0.25, -0.2) is 9.78 Å². The molecular weight excluding hydrogens is 290 g/mol. The molecule has 1 atom stereocenters. The van der Waals surface area contributed by atoms with Gasteiger partial charge in [-0.15, -0.1) is 0 Å². The summed E-state index contributed by atoms with van der Waals surface area (Å²) >= 11 is 0. The zero-order chi connectivity index (χ0) is 16.2. The number of aromatic nitrogens is 3. The molecule has 1 aliphatic rings. The number of rotatable bonds is 3. The van der Waals surface area contributed by atoms with Crippen molar-refractivity contribution in [3.8, 4) is 11.4 Å². The average molecular weight is 313 g/mol. The summed E-state index contributed by atoms with van der Waals surface area (Å²) in [5.41, 5.74) is 2.18. The lowest BCUT2D eigenvalue weighted by molar-refractivity contribution is 0.167. The first kappa shape index (κ1) is 15.5. The topological polar surface area (TPSA) is 63.1 Å². The van der Waals surface area contributed by atoms with Gasteiger partial charge < -0.3 is 14.8 Å². The minimum Gasteiger partial charge on any atom is -0.338 e. The molecule has 0 radical (unpaired) electrons. The second kappa shape index (κ2) is 6.81. The third kappa shape index (κ3) is 3.21. The Hall–Kier alpha value is -2.37. The molecule has 3 heterocycles. The summed E-state index contributed by atoms with van der Waals surface area (Å²) in [6.45, 7) is 6.22. The molecule has 2 aromatic rings. The van der Waals surface area contributed by atoms with Gasteiger partial charge in [-0.1, -0.05) is 0 Å². The Morgan fingerprint density at radius 2 is 2.17 bits per heavy atom. The largest absolute Gasteiger partial charge is 0.338 e. The molecule has 2 aromatic heterocycles. The standard InChI is InChI=1S/C17H23N5O/c1-3-19-17(23)21-10-4-5-15(12-21)22-13(2)11-20-16(22)14-6-8-18-9-7-14/h6-9,11,15H,3-5,10,12H2,1-2H3,(H,19,23). The second-order valence-corrected chi connectivity index (χ2v) is 5.91. The average Bonchev–Trinajstić information content (AvgIpc) is 2.97. The predicted molar refractivity (Wildman–Crippen MR) is 89.1 cm³/mol. The number of urea groups is 1. The summed E-state index contributed by atoms with van der Waals surface area (Å²) in [4.78, 5) is 22.7. The normalized spacial score (nSPS) is 18.0. The highest BCUT2D eigenvalue weighted by Gasteiger charge is 2.27. The maximum atomic E-state index is 12.1. The van der Waals surface area contributed by atoms with Crippen LogP contribution in [-0.4, -0.2) is 45.1 Å². The van der Waals surface area contributed by atoms with Crippen LogP contribution >= 0.6 is 0 Å². The minimum atomic E-state index is 0.0282. The Kier molecular flexibility index (Phi) is 4.60. The molecule has 1 unspecified atom stereocenters. The summed E-state index contributed by atoms with van der Waals surface area (Å²) in [6, 6.07) is 4.24. The van der Waals surface area contributed by atoms with E-state index in [0.29, 0.717) is 6.54 Å². The first-order chi connectivity index (χ1) is 11.2. The first-order valence-electron chi connectivity index (χ1n) is 8.17. The van der Waals surface area contributed by atoms with Gasteiger partial charge in [0.05, 0.1) is 6.04 Å². The third-order valence-corrected chi connectivity index (χ3v) is 4.30. The van der Waals surface area contributed by atoms with Crippen molar-refractivity contribution in [2.45, 2.75) is 32.7 Å². The Balaban J connectivity index is 1.87. The number of hydrogen-bond acceptors (Lipinski definition) is 3. The van der Waals surface area contributed by atoms with Crippen LogP contribution in [0.5, 0.6) is 0 Å². The van der Waals surface area contributed by atoms with E-state index in [4.69, 9.17) is 0 Å². The number of carbonyl (C=O) groups excluding carboxylic acids is 1. The molecule has 6 heteroatoms. The van der Waals surface area contributed by atoms with E-state index in [9.17, 15) is 4.79 Å². The summed E-state index contributed by atoms with van der Waals surface area (Å²) in [5.74, 6) is 0.952. The number of likely N-dealkylation sites (tertiary alicyclic amines) is 1. The molecule has 6 nitrogen and oxygen atoms in total. The van der Waals surface area contributed by atoms with Crippen molar-refractivity contribution < 1.29 is 4.79 Å². The van der Waals surface area contributed by atoms with Crippen LogP contribution in [0.2, 0.25) is 0 Å². The number of aryl methyl sites for hydroxylation is 1. The Morgan fingerprint density at radius 3 is 2.91 bits per heavy atom. The maximum Gasteiger partial charge on any atom is 0.317 e. The summed E-state index contributed by atoms with van der Waals surface area (Å²) in [6.07, 6.45) is 7.54. The highest BCUT2D eigenvalue weighted by atomic mass is 16.2. The van der Waals surface area contributed by atoms with E-state index < -0.39 is 0 Å². The van der Waals surface area contributed by atoms with Crippen molar-refractivity contribution in [1.29, 1.82) is 0 Å². The van der Waals surface area contributed by atoms with E-state index in [1.807, 2.05) is 30.2 Å². The Morgan fingerprint density at radius 1 is 1.39 bits per heavy atom. The highest BCUT2D eigenvalue weighted by Crippen LogP contribution is 2.29. The molecule has 0 spiro atoms. The van der Waals surface area contributed by atoms with Gasteiger partial charge in [0.2, 0.25) is 0 Å². The lowest BCUT2D eigenvalue weighted by Gasteiger charge is -2.34. The summed E-state index contributed by atoms with van der Waals surface area (Å²) in [7, 11) is 0. The SMILES string of the molecule is CCNC(=O)N1CCCC(n2c(C)cnc2-c2ccncc2)C1. The molecule has 1 aliphatic heterocycles. The van der Waals surface area contributed by atoms with Gasteiger partial charge in [-0.3, -0.25) is 4.98 Å².